The summed E-state index contributed by atoms with van der Waals surface area (Å²) in [6, 6.07) is 16.4. The molecule has 5 heteroatoms. The van der Waals surface area contributed by atoms with Crippen LogP contribution >= 0.6 is 11.6 Å². The summed E-state index contributed by atoms with van der Waals surface area (Å²) in [5.41, 5.74) is 7.51. The van der Waals surface area contributed by atoms with Crippen LogP contribution in [0.5, 0.6) is 0 Å². The summed E-state index contributed by atoms with van der Waals surface area (Å²) in [4.78, 5) is 24.1. The molecule has 0 aromatic heterocycles. The molecule has 24 heavy (non-hydrogen) atoms. The smallest absolute Gasteiger partial charge is 0.240 e. The van der Waals surface area contributed by atoms with Crippen molar-refractivity contribution in [2.75, 3.05) is 0 Å². The van der Waals surface area contributed by atoms with Gasteiger partial charge >= 0.3 is 0 Å². The maximum Gasteiger partial charge on any atom is 0.240 e. The summed E-state index contributed by atoms with van der Waals surface area (Å²) in [6.45, 7) is 0. The highest BCUT2D eigenvalue weighted by molar-refractivity contribution is 6.30. The van der Waals surface area contributed by atoms with Crippen LogP contribution in [0.4, 0.5) is 0 Å². The summed E-state index contributed by atoms with van der Waals surface area (Å²) in [6.07, 6.45) is 1.19. The average molecular weight is 343 g/mol. The lowest BCUT2D eigenvalue weighted by atomic mass is 10.0. The quantitative estimate of drug-likeness (QED) is 0.847. The van der Waals surface area contributed by atoms with Gasteiger partial charge in [0, 0.05) is 17.4 Å². The Labute approximate surface area is 146 Å². The zero-order valence-corrected chi connectivity index (χ0v) is 13.9. The van der Waals surface area contributed by atoms with Gasteiger partial charge in [-0.3, -0.25) is 9.59 Å². The normalized spacial score (nSPS) is 20.2. The van der Waals surface area contributed by atoms with Gasteiger partial charge in [0.15, 0.2) is 0 Å². The Kier molecular flexibility index (Phi) is 4.86. The number of nitrogens with one attached hydrogen (secondary N) is 1. The third-order valence-corrected chi connectivity index (χ3v) is 4.62. The van der Waals surface area contributed by atoms with Crippen LogP contribution in [0.2, 0.25) is 5.02 Å². The molecule has 2 aromatic rings. The molecule has 0 saturated heterocycles. The maximum absolute atomic E-state index is 12.4. The Morgan fingerprint density at radius 3 is 2.42 bits per heavy atom. The molecule has 1 saturated carbocycles. The molecular weight excluding hydrogens is 324 g/mol. The van der Waals surface area contributed by atoms with Crippen LogP contribution in [0, 0.1) is 5.92 Å². The van der Waals surface area contributed by atoms with Gasteiger partial charge in [0.25, 0.3) is 0 Å². The number of benzene rings is 2. The summed E-state index contributed by atoms with van der Waals surface area (Å²) < 4.78 is 0. The van der Waals surface area contributed by atoms with Crippen LogP contribution in [0.25, 0.3) is 0 Å². The third-order valence-electron chi connectivity index (χ3n) is 4.37. The van der Waals surface area contributed by atoms with Crippen LogP contribution < -0.4 is 11.1 Å². The highest BCUT2D eigenvalue weighted by Crippen LogP contribution is 2.47. The van der Waals surface area contributed by atoms with Gasteiger partial charge in [-0.05, 0) is 35.6 Å². The number of hydrogen-bond donors (Lipinski definition) is 2. The number of nitrogens with two attached hydrogens (primary N) is 1. The van der Waals surface area contributed by atoms with Gasteiger partial charge < -0.3 is 11.1 Å². The molecule has 3 N–H and O–H groups in total. The Morgan fingerprint density at radius 1 is 1.12 bits per heavy atom. The standard InChI is InChI=1S/C19H19ClN2O2/c20-14-8-6-13(7-9-14)15-11-16(15)19(24)22-17(18(21)23)10-12-4-2-1-3-5-12/h1-9,15-17H,10-11H2,(H2,21,23)(H,22,24)/t15-,16-,17-/m0/s1. The van der Waals surface area contributed by atoms with E-state index < -0.39 is 11.9 Å². The number of rotatable bonds is 6. The molecule has 0 spiro atoms. The molecule has 3 atom stereocenters. The van der Waals surface area contributed by atoms with Crippen molar-refractivity contribution < 1.29 is 9.59 Å². The van der Waals surface area contributed by atoms with Crippen LogP contribution in [0.1, 0.15) is 23.5 Å². The van der Waals surface area contributed by atoms with Crippen molar-refractivity contribution in [3.63, 3.8) is 0 Å². The van der Waals surface area contributed by atoms with Crippen molar-refractivity contribution in [1.29, 1.82) is 0 Å². The Balaban J connectivity index is 1.60. The molecule has 0 heterocycles. The van der Waals surface area contributed by atoms with Gasteiger partial charge in [-0.2, -0.15) is 0 Å². The zero-order valence-electron chi connectivity index (χ0n) is 13.1. The molecule has 0 unspecified atom stereocenters. The lowest BCUT2D eigenvalue weighted by Crippen LogP contribution is -2.46. The lowest BCUT2D eigenvalue weighted by Gasteiger charge is -2.15. The number of halogens is 1. The van der Waals surface area contributed by atoms with Crippen LogP contribution in [0.3, 0.4) is 0 Å². The SMILES string of the molecule is NC(=O)[C@H](Cc1ccccc1)NC(=O)[C@H]1C[C@H]1c1ccc(Cl)cc1. The number of carbonyl (C=O) groups is 2. The van der Waals surface area contributed by atoms with Crippen molar-refractivity contribution in [1.82, 2.24) is 5.32 Å². The number of amides is 2. The Bertz CT molecular complexity index is 731. The van der Waals surface area contributed by atoms with Crippen molar-refractivity contribution in [2.45, 2.75) is 24.8 Å². The average Bonchev–Trinajstić information content (AvgIpc) is 3.36. The molecule has 1 aliphatic carbocycles. The van der Waals surface area contributed by atoms with E-state index >= 15 is 0 Å². The van der Waals surface area contributed by atoms with Gasteiger partial charge in [-0.1, -0.05) is 54.1 Å². The molecule has 0 radical (unpaired) electrons. The van der Waals surface area contributed by atoms with E-state index in [2.05, 4.69) is 5.32 Å². The number of carbonyl (C=O) groups excluding carboxylic acids is 2. The first-order valence-corrected chi connectivity index (χ1v) is 8.31. The maximum atomic E-state index is 12.4. The van der Waals surface area contributed by atoms with Gasteiger partial charge in [0.05, 0.1) is 0 Å². The predicted molar refractivity (Wildman–Crippen MR) is 93.6 cm³/mol. The minimum Gasteiger partial charge on any atom is -0.368 e. The first kappa shape index (κ1) is 16.5. The van der Waals surface area contributed by atoms with E-state index in [1.54, 1.807) is 0 Å². The van der Waals surface area contributed by atoms with E-state index in [9.17, 15) is 9.59 Å². The molecule has 124 valence electrons. The minimum absolute atomic E-state index is 0.108. The minimum atomic E-state index is -0.689. The second-order valence-electron chi connectivity index (χ2n) is 6.15. The second-order valence-corrected chi connectivity index (χ2v) is 6.59. The van der Waals surface area contributed by atoms with E-state index in [0.29, 0.717) is 11.4 Å². The topological polar surface area (TPSA) is 72.2 Å². The molecule has 1 fully saturated rings. The van der Waals surface area contributed by atoms with Crippen molar-refractivity contribution >= 4 is 23.4 Å². The largest absolute Gasteiger partial charge is 0.368 e. The van der Waals surface area contributed by atoms with Gasteiger partial charge in [-0.15, -0.1) is 0 Å². The molecule has 0 bridgehead atoms. The second kappa shape index (κ2) is 7.05. The third kappa shape index (κ3) is 3.95. The monoisotopic (exact) mass is 342 g/mol. The Morgan fingerprint density at radius 2 is 1.79 bits per heavy atom. The van der Waals surface area contributed by atoms with Crippen molar-refractivity contribution in [2.24, 2.45) is 11.7 Å². The molecule has 4 nitrogen and oxygen atoms in total. The van der Waals surface area contributed by atoms with E-state index in [0.717, 1.165) is 17.5 Å². The molecule has 1 aliphatic rings. The van der Waals surface area contributed by atoms with Gasteiger partial charge in [0.2, 0.25) is 11.8 Å². The number of primary amides is 1. The lowest BCUT2D eigenvalue weighted by molar-refractivity contribution is -0.128. The molecular formula is C19H19ClN2O2. The van der Waals surface area contributed by atoms with E-state index in [1.165, 1.54) is 0 Å². The highest BCUT2D eigenvalue weighted by atomic mass is 35.5. The zero-order chi connectivity index (χ0) is 17.1. The predicted octanol–water partition coefficient (Wildman–Crippen LogP) is 2.66. The molecule has 3 rings (SSSR count). The summed E-state index contributed by atoms with van der Waals surface area (Å²) in [5.74, 6) is -0.554. The summed E-state index contributed by atoms with van der Waals surface area (Å²) in [5, 5.41) is 3.48. The van der Waals surface area contributed by atoms with Crippen LogP contribution in [0.15, 0.2) is 54.6 Å². The van der Waals surface area contributed by atoms with Crippen LogP contribution in [-0.4, -0.2) is 17.9 Å². The molecule has 0 aliphatic heterocycles. The van der Waals surface area contributed by atoms with Crippen LogP contribution in [-0.2, 0) is 16.0 Å². The molecule has 2 amide bonds. The fourth-order valence-electron chi connectivity index (χ4n) is 2.91. The number of hydrogen-bond acceptors (Lipinski definition) is 2. The summed E-state index contributed by atoms with van der Waals surface area (Å²) >= 11 is 5.89. The van der Waals surface area contributed by atoms with E-state index in [1.807, 2.05) is 54.6 Å². The van der Waals surface area contributed by atoms with Crippen molar-refractivity contribution in [3.05, 3.63) is 70.7 Å². The van der Waals surface area contributed by atoms with Crippen molar-refractivity contribution in [3.8, 4) is 0 Å². The first-order chi connectivity index (χ1) is 11.5. The summed E-state index contributed by atoms with van der Waals surface area (Å²) in [7, 11) is 0. The van der Waals surface area contributed by atoms with Gasteiger partial charge in [0.1, 0.15) is 6.04 Å². The fraction of sp³-hybridized carbons (Fsp3) is 0.263. The molecule has 2 aromatic carbocycles. The highest BCUT2D eigenvalue weighted by Gasteiger charge is 2.44. The fourth-order valence-corrected chi connectivity index (χ4v) is 3.04. The van der Waals surface area contributed by atoms with E-state index in [4.69, 9.17) is 17.3 Å². The van der Waals surface area contributed by atoms with E-state index in [-0.39, 0.29) is 17.7 Å². The Hall–Kier alpha value is -2.33. The first-order valence-electron chi connectivity index (χ1n) is 7.93. The van der Waals surface area contributed by atoms with Gasteiger partial charge in [-0.25, -0.2) is 0 Å².